The maximum atomic E-state index is 13.8. The number of hydrogen-bond acceptors (Lipinski definition) is 5. The fourth-order valence-corrected chi connectivity index (χ4v) is 6.13. The summed E-state index contributed by atoms with van der Waals surface area (Å²) in [6, 6.07) is 5.54. The van der Waals surface area contributed by atoms with Crippen LogP contribution in [0.1, 0.15) is 89.2 Å². The minimum absolute atomic E-state index is 0.0304. The van der Waals surface area contributed by atoms with Crippen molar-refractivity contribution < 1.29 is 19.1 Å². The van der Waals surface area contributed by atoms with Crippen molar-refractivity contribution in [3.63, 3.8) is 0 Å². The summed E-state index contributed by atoms with van der Waals surface area (Å²) >= 11 is 0. The molecule has 2 aromatic rings. The number of H-pyrrole nitrogens is 1. The highest BCUT2D eigenvalue weighted by Crippen LogP contribution is 2.37. The molecule has 0 spiro atoms. The van der Waals surface area contributed by atoms with Gasteiger partial charge in [0.15, 0.2) is 5.78 Å². The molecule has 0 radical (unpaired) electrons. The zero-order chi connectivity index (χ0) is 28.6. The third-order valence-electron chi connectivity index (χ3n) is 8.60. The fourth-order valence-electron chi connectivity index (χ4n) is 6.13. The maximum Gasteiger partial charge on any atom is 0.268 e. The molecule has 2 N–H and O–H groups in total. The molecule has 216 valence electrons. The Bertz CT molecular complexity index is 1290. The first-order valence-corrected chi connectivity index (χ1v) is 14.7. The van der Waals surface area contributed by atoms with E-state index in [2.05, 4.69) is 41.2 Å². The molecule has 40 heavy (non-hydrogen) atoms. The lowest BCUT2D eigenvalue weighted by atomic mass is 9.75. The molecule has 2 amide bonds. The Morgan fingerprint density at radius 1 is 1.20 bits per heavy atom. The normalized spacial score (nSPS) is 18.8. The number of carbonyl (C=O) groups excluding carboxylic acids is 3. The second-order valence-electron chi connectivity index (χ2n) is 13.1. The van der Waals surface area contributed by atoms with E-state index in [4.69, 9.17) is 4.74 Å². The predicted molar refractivity (Wildman–Crippen MR) is 155 cm³/mol. The number of ether oxygens (including phenoxy) is 1. The predicted octanol–water partition coefficient (Wildman–Crippen LogP) is 4.29. The highest BCUT2D eigenvalue weighted by atomic mass is 16.5. The van der Waals surface area contributed by atoms with Crippen LogP contribution in [-0.4, -0.2) is 72.2 Å². The van der Waals surface area contributed by atoms with Crippen molar-refractivity contribution >= 4 is 17.6 Å². The van der Waals surface area contributed by atoms with Gasteiger partial charge in [-0.05, 0) is 86.9 Å². The fraction of sp³-hybridized carbons (Fsp3) is 0.594. The monoisotopic (exact) mass is 548 g/mol. The number of fused-ring (bicyclic) bond motifs is 2. The number of carbonyl (C=O) groups is 3. The number of rotatable bonds is 10. The van der Waals surface area contributed by atoms with Gasteiger partial charge in [-0.15, -0.1) is 0 Å². The second-order valence-corrected chi connectivity index (χ2v) is 13.1. The number of aromatic nitrogens is 1. The van der Waals surface area contributed by atoms with Gasteiger partial charge >= 0.3 is 0 Å². The van der Waals surface area contributed by atoms with Crippen molar-refractivity contribution in [2.45, 2.75) is 78.3 Å². The topological polar surface area (TPSA) is 94.7 Å². The van der Waals surface area contributed by atoms with Gasteiger partial charge in [-0.25, -0.2) is 0 Å². The number of benzene rings is 1. The molecule has 2 heterocycles. The van der Waals surface area contributed by atoms with E-state index in [1.54, 1.807) is 0 Å². The average molecular weight is 549 g/mol. The van der Waals surface area contributed by atoms with Gasteiger partial charge < -0.3 is 24.8 Å². The molecule has 8 heteroatoms. The van der Waals surface area contributed by atoms with Gasteiger partial charge in [0, 0.05) is 37.3 Å². The largest absolute Gasteiger partial charge is 0.492 e. The molecule has 2 aliphatic carbocycles. The Morgan fingerprint density at radius 2 is 1.98 bits per heavy atom. The number of nitrogens with zero attached hydrogens (tertiary/aromatic N) is 2. The van der Waals surface area contributed by atoms with Crippen LogP contribution in [0.2, 0.25) is 0 Å². The van der Waals surface area contributed by atoms with Crippen LogP contribution >= 0.6 is 0 Å². The van der Waals surface area contributed by atoms with E-state index in [0.29, 0.717) is 55.3 Å². The van der Waals surface area contributed by atoms with Crippen LogP contribution < -0.4 is 10.1 Å². The van der Waals surface area contributed by atoms with Gasteiger partial charge in [-0.3, -0.25) is 14.4 Å². The standard InChI is InChI=1S/C32H44N4O4/c1-20-28-26(17-32(2,3)18-27(28)37)33-29(20)30(38)34-25(11-8-21-6-7-21)31(39)36-13-12-22-16-24(10-9-23(22)19-36)40-15-14-35(4)5/h9-10,16,21,25,33H,6-8,11-15,17-19H2,1-5H3,(H,34,38). The van der Waals surface area contributed by atoms with Crippen LogP contribution in [0.4, 0.5) is 0 Å². The number of likely N-dealkylation sites (N-methyl/N-ethyl adjacent to an activating group) is 1. The summed E-state index contributed by atoms with van der Waals surface area (Å²) in [6.45, 7) is 8.61. The van der Waals surface area contributed by atoms with Crippen molar-refractivity contribution in [2.75, 3.05) is 33.8 Å². The molecule has 1 aromatic carbocycles. The Hall–Kier alpha value is -3.13. The van der Waals surface area contributed by atoms with Gasteiger partial charge in [0.2, 0.25) is 5.91 Å². The lowest BCUT2D eigenvalue weighted by molar-refractivity contribution is -0.134. The average Bonchev–Trinajstić information content (AvgIpc) is 3.66. The Labute approximate surface area is 237 Å². The highest BCUT2D eigenvalue weighted by molar-refractivity contribution is 6.05. The van der Waals surface area contributed by atoms with E-state index in [1.165, 1.54) is 18.4 Å². The van der Waals surface area contributed by atoms with E-state index >= 15 is 0 Å². The quantitative estimate of drug-likeness (QED) is 0.462. The molecule has 5 rings (SSSR count). The Balaban J connectivity index is 1.28. The van der Waals surface area contributed by atoms with Crippen LogP contribution in [0.3, 0.4) is 0 Å². The van der Waals surface area contributed by atoms with Gasteiger partial charge in [-0.1, -0.05) is 32.8 Å². The molecule has 3 aliphatic rings. The molecule has 8 nitrogen and oxygen atoms in total. The zero-order valence-electron chi connectivity index (χ0n) is 24.7. The lowest BCUT2D eigenvalue weighted by Crippen LogP contribution is -2.50. The summed E-state index contributed by atoms with van der Waals surface area (Å²) in [6.07, 6.45) is 5.92. The van der Waals surface area contributed by atoms with E-state index in [9.17, 15) is 14.4 Å². The molecule has 0 bridgehead atoms. The van der Waals surface area contributed by atoms with Crippen LogP contribution in [0, 0.1) is 18.3 Å². The summed E-state index contributed by atoms with van der Waals surface area (Å²) in [5.41, 5.74) is 4.79. The van der Waals surface area contributed by atoms with E-state index in [-0.39, 0.29) is 23.0 Å². The van der Waals surface area contributed by atoms with Crippen molar-refractivity contribution in [1.82, 2.24) is 20.1 Å². The van der Waals surface area contributed by atoms with Gasteiger partial charge in [0.25, 0.3) is 5.91 Å². The zero-order valence-corrected chi connectivity index (χ0v) is 24.7. The van der Waals surface area contributed by atoms with Crippen LogP contribution in [0.25, 0.3) is 0 Å². The summed E-state index contributed by atoms with van der Waals surface area (Å²) in [5, 5.41) is 3.07. The molecule has 1 saturated carbocycles. The Morgan fingerprint density at radius 3 is 2.70 bits per heavy atom. The van der Waals surface area contributed by atoms with Crippen molar-refractivity contribution in [1.29, 1.82) is 0 Å². The van der Waals surface area contributed by atoms with E-state index < -0.39 is 6.04 Å². The molecule has 0 saturated heterocycles. The third kappa shape index (κ3) is 6.43. The van der Waals surface area contributed by atoms with E-state index in [1.807, 2.05) is 32.0 Å². The first-order valence-electron chi connectivity index (χ1n) is 14.7. The minimum atomic E-state index is -0.588. The van der Waals surface area contributed by atoms with Crippen molar-refractivity contribution in [3.8, 4) is 5.75 Å². The second kappa shape index (κ2) is 11.4. The molecule has 1 fully saturated rings. The summed E-state index contributed by atoms with van der Waals surface area (Å²) < 4.78 is 5.91. The lowest BCUT2D eigenvalue weighted by Gasteiger charge is -2.32. The number of nitrogens with one attached hydrogen (secondary N) is 2. The molecule has 1 atom stereocenters. The molecule has 1 aliphatic heterocycles. The summed E-state index contributed by atoms with van der Waals surface area (Å²) in [4.78, 5) is 47.4. The SMILES string of the molecule is Cc1c(C(=O)NC(CCC2CC2)C(=O)N2CCc3cc(OCCN(C)C)ccc3C2)[nH]c2c1C(=O)CC(C)(C)C2. The first kappa shape index (κ1) is 28.4. The third-order valence-corrected chi connectivity index (χ3v) is 8.60. The van der Waals surface area contributed by atoms with Crippen molar-refractivity contribution in [2.24, 2.45) is 11.3 Å². The van der Waals surface area contributed by atoms with Gasteiger partial charge in [0.1, 0.15) is 24.1 Å². The molecular formula is C32H44N4O4. The minimum Gasteiger partial charge on any atom is -0.492 e. The summed E-state index contributed by atoms with van der Waals surface area (Å²) in [7, 11) is 4.05. The van der Waals surface area contributed by atoms with E-state index in [0.717, 1.165) is 42.8 Å². The number of Topliss-reactive ketones (excluding diaryl/α,β-unsaturated/α-hetero) is 1. The number of aromatic amines is 1. The molecular weight excluding hydrogens is 504 g/mol. The maximum absolute atomic E-state index is 13.8. The summed E-state index contributed by atoms with van der Waals surface area (Å²) in [5.74, 6) is 1.26. The molecule has 1 unspecified atom stereocenters. The van der Waals surface area contributed by atoms with Crippen LogP contribution in [0.15, 0.2) is 18.2 Å². The van der Waals surface area contributed by atoms with Crippen LogP contribution in [0.5, 0.6) is 5.75 Å². The first-order chi connectivity index (χ1) is 19.0. The van der Waals surface area contributed by atoms with Gasteiger partial charge in [0.05, 0.1) is 0 Å². The van der Waals surface area contributed by atoms with Crippen molar-refractivity contribution in [3.05, 3.63) is 51.8 Å². The van der Waals surface area contributed by atoms with Crippen LogP contribution in [-0.2, 0) is 24.2 Å². The number of amides is 2. The smallest absolute Gasteiger partial charge is 0.268 e. The number of ketones is 1. The highest BCUT2D eigenvalue weighted by Gasteiger charge is 2.36. The molecule has 1 aromatic heterocycles. The Kier molecular flexibility index (Phi) is 8.09. The van der Waals surface area contributed by atoms with Gasteiger partial charge in [-0.2, -0.15) is 0 Å². The number of hydrogen-bond donors (Lipinski definition) is 2.